The molecule has 22 heavy (non-hydrogen) atoms. The molecule has 1 aliphatic rings. The summed E-state index contributed by atoms with van der Waals surface area (Å²) in [6.45, 7) is 3.42. The highest BCUT2D eigenvalue weighted by molar-refractivity contribution is 7.89. The lowest BCUT2D eigenvalue weighted by atomic mass is 9.92. The normalized spacial score (nSPS) is 15.9. The molecular formula is C15H18ClNO4S. The molecule has 1 aromatic rings. The molecule has 0 fully saturated rings. The number of carboxylic acids is 1. The van der Waals surface area contributed by atoms with Gasteiger partial charge in [-0.3, -0.25) is 4.79 Å². The number of benzene rings is 1. The second-order valence-corrected chi connectivity index (χ2v) is 7.55. The predicted molar refractivity (Wildman–Crippen MR) is 84.4 cm³/mol. The number of aliphatic carboxylic acids is 1. The Labute approximate surface area is 135 Å². The Morgan fingerprint density at radius 2 is 2.05 bits per heavy atom. The van der Waals surface area contributed by atoms with Gasteiger partial charge in [-0.05, 0) is 42.9 Å². The lowest BCUT2D eigenvalue weighted by Crippen LogP contribution is -2.41. The molecule has 2 N–H and O–H groups in total. The summed E-state index contributed by atoms with van der Waals surface area (Å²) < 4.78 is 27.3. The fourth-order valence-corrected chi connectivity index (χ4v) is 4.30. The molecular weight excluding hydrogens is 326 g/mol. The van der Waals surface area contributed by atoms with Crippen molar-refractivity contribution in [1.29, 1.82) is 0 Å². The zero-order valence-electron chi connectivity index (χ0n) is 12.0. The van der Waals surface area contributed by atoms with Gasteiger partial charge in [-0.15, -0.1) is 0 Å². The second-order valence-electron chi connectivity index (χ2n) is 5.33. The molecule has 1 aromatic carbocycles. The van der Waals surface area contributed by atoms with Crippen LogP contribution < -0.4 is 4.72 Å². The van der Waals surface area contributed by atoms with Gasteiger partial charge in [0.05, 0.1) is 4.90 Å². The zero-order valence-corrected chi connectivity index (χ0v) is 13.6. The Morgan fingerprint density at radius 1 is 1.36 bits per heavy atom. The van der Waals surface area contributed by atoms with Crippen molar-refractivity contribution in [2.24, 2.45) is 0 Å². The van der Waals surface area contributed by atoms with Gasteiger partial charge in [0.1, 0.15) is 6.04 Å². The van der Waals surface area contributed by atoms with Crippen molar-refractivity contribution in [2.45, 2.75) is 43.0 Å². The summed E-state index contributed by atoms with van der Waals surface area (Å²) in [5.74, 6) is -1.28. The molecule has 0 saturated heterocycles. The van der Waals surface area contributed by atoms with E-state index in [1.54, 1.807) is 6.07 Å². The Hall–Kier alpha value is -1.37. The summed E-state index contributed by atoms with van der Waals surface area (Å²) in [5.41, 5.74) is 1.80. The van der Waals surface area contributed by atoms with Gasteiger partial charge < -0.3 is 5.11 Å². The highest BCUT2D eigenvalue weighted by Gasteiger charge is 2.28. The first-order valence-electron chi connectivity index (χ1n) is 7.00. The van der Waals surface area contributed by atoms with E-state index in [0.29, 0.717) is 6.42 Å². The van der Waals surface area contributed by atoms with E-state index in [1.807, 2.05) is 6.07 Å². The van der Waals surface area contributed by atoms with E-state index in [2.05, 4.69) is 11.3 Å². The Bertz CT molecular complexity index is 699. The quantitative estimate of drug-likeness (QED) is 0.831. The van der Waals surface area contributed by atoms with Gasteiger partial charge in [0, 0.05) is 11.5 Å². The molecule has 0 heterocycles. The van der Waals surface area contributed by atoms with Gasteiger partial charge in [0.2, 0.25) is 10.0 Å². The van der Waals surface area contributed by atoms with E-state index in [0.717, 1.165) is 30.4 Å². The third-order valence-electron chi connectivity index (χ3n) is 3.66. The molecule has 0 bridgehead atoms. The average molecular weight is 344 g/mol. The van der Waals surface area contributed by atoms with Crippen LogP contribution in [0.15, 0.2) is 34.7 Å². The predicted octanol–water partition coefficient (Wildman–Crippen LogP) is 2.44. The second kappa shape index (κ2) is 6.81. The lowest BCUT2D eigenvalue weighted by molar-refractivity contribution is -0.138. The zero-order chi connectivity index (χ0) is 16.3. The summed E-state index contributed by atoms with van der Waals surface area (Å²) in [5, 5.41) is 9.23. The van der Waals surface area contributed by atoms with Crippen LogP contribution in [0.1, 0.15) is 30.4 Å². The van der Waals surface area contributed by atoms with Crippen LogP contribution in [0.25, 0.3) is 0 Å². The van der Waals surface area contributed by atoms with Crippen molar-refractivity contribution in [3.8, 4) is 0 Å². The largest absolute Gasteiger partial charge is 0.480 e. The van der Waals surface area contributed by atoms with Crippen LogP contribution in [0.2, 0.25) is 0 Å². The van der Waals surface area contributed by atoms with Crippen LogP contribution in [-0.4, -0.2) is 25.5 Å². The molecule has 5 nitrogen and oxygen atoms in total. The van der Waals surface area contributed by atoms with Crippen molar-refractivity contribution >= 4 is 27.6 Å². The first kappa shape index (κ1) is 17.0. The standard InChI is InChI=1S/C15H18ClNO4S/c1-10(16)9-13(15(18)19)17-22(20,21)14-8-4-6-11-5-2-3-7-12(11)14/h4,6,8,13,17H,1-3,5,7,9H2,(H,18,19). The van der Waals surface area contributed by atoms with Crippen LogP contribution in [0.3, 0.4) is 0 Å². The molecule has 1 atom stereocenters. The molecule has 0 aliphatic heterocycles. The highest BCUT2D eigenvalue weighted by atomic mass is 35.5. The third-order valence-corrected chi connectivity index (χ3v) is 5.37. The average Bonchev–Trinajstić information content (AvgIpc) is 2.45. The number of hydrogen-bond acceptors (Lipinski definition) is 3. The van der Waals surface area contributed by atoms with Crippen LogP contribution >= 0.6 is 11.6 Å². The van der Waals surface area contributed by atoms with E-state index >= 15 is 0 Å². The van der Waals surface area contributed by atoms with Crippen molar-refractivity contribution in [3.05, 3.63) is 40.9 Å². The number of fused-ring (bicyclic) bond motifs is 1. The lowest BCUT2D eigenvalue weighted by Gasteiger charge is -2.21. The van der Waals surface area contributed by atoms with E-state index in [-0.39, 0.29) is 16.3 Å². The topological polar surface area (TPSA) is 83.5 Å². The maximum absolute atomic E-state index is 12.6. The van der Waals surface area contributed by atoms with Crippen molar-refractivity contribution in [2.75, 3.05) is 0 Å². The molecule has 7 heteroatoms. The fourth-order valence-electron chi connectivity index (χ4n) is 2.65. The van der Waals surface area contributed by atoms with E-state index < -0.39 is 22.0 Å². The summed E-state index contributed by atoms with van der Waals surface area (Å²) in [6, 6.07) is 3.80. The highest BCUT2D eigenvalue weighted by Crippen LogP contribution is 2.27. The summed E-state index contributed by atoms with van der Waals surface area (Å²) in [6.07, 6.45) is 3.34. The number of aryl methyl sites for hydroxylation is 1. The number of carbonyl (C=O) groups is 1. The Kier molecular flexibility index (Phi) is 5.26. The minimum absolute atomic E-state index is 0.0881. The Balaban J connectivity index is 2.34. The number of halogens is 1. The van der Waals surface area contributed by atoms with Gasteiger partial charge in [0.15, 0.2) is 0 Å². The fraction of sp³-hybridized carbons (Fsp3) is 0.400. The monoisotopic (exact) mass is 343 g/mol. The minimum Gasteiger partial charge on any atom is -0.480 e. The minimum atomic E-state index is -3.92. The molecule has 0 amide bonds. The van der Waals surface area contributed by atoms with Crippen LogP contribution in [0.4, 0.5) is 0 Å². The molecule has 0 radical (unpaired) electrons. The maximum atomic E-state index is 12.6. The van der Waals surface area contributed by atoms with Crippen LogP contribution in [-0.2, 0) is 27.7 Å². The maximum Gasteiger partial charge on any atom is 0.322 e. The third kappa shape index (κ3) is 3.88. The molecule has 120 valence electrons. The Morgan fingerprint density at radius 3 is 2.68 bits per heavy atom. The first-order chi connectivity index (χ1) is 10.3. The molecule has 0 saturated carbocycles. The number of sulfonamides is 1. The smallest absolute Gasteiger partial charge is 0.322 e. The van der Waals surface area contributed by atoms with Crippen LogP contribution in [0, 0.1) is 0 Å². The number of rotatable bonds is 6. The molecule has 0 aromatic heterocycles. The van der Waals surface area contributed by atoms with Crippen molar-refractivity contribution < 1.29 is 18.3 Å². The van der Waals surface area contributed by atoms with Gasteiger partial charge in [-0.1, -0.05) is 30.3 Å². The SMILES string of the molecule is C=C(Cl)CC(NS(=O)(=O)c1cccc2c1CCCC2)C(=O)O. The summed E-state index contributed by atoms with van der Waals surface area (Å²) >= 11 is 5.61. The van der Waals surface area contributed by atoms with E-state index in [9.17, 15) is 13.2 Å². The van der Waals surface area contributed by atoms with Crippen LogP contribution in [0.5, 0.6) is 0 Å². The van der Waals surface area contributed by atoms with Crippen molar-refractivity contribution in [1.82, 2.24) is 4.72 Å². The van der Waals surface area contributed by atoms with E-state index in [1.165, 1.54) is 6.07 Å². The molecule has 2 rings (SSSR count). The number of nitrogens with one attached hydrogen (secondary N) is 1. The molecule has 0 spiro atoms. The van der Waals surface area contributed by atoms with Gasteiger partial charge in [0.25, 0.3) is 0 Å². The number of carboxylic acid groups (broad SMARTS) is 1. The first-order valence-corrected chi connectivity index (χ1v) is 8.86. The van der Waals surface area contributed by atoms with Gasteiger partial charge in [-0.2, -0.15) is 4.72 Å². The van der Waals surface area contributed by atoms with Gasteiger partial charge >= 0.3 is 5.97 Å². The summed E-state index contributed by atoms with van der Waals surface area (Å²) in [7, 11) is -3.92. The molecule has 1 aliphatic carbocycles. The summed E-state index contributed by atoms with van der Waals surface area (Å²) in [4.78, 5) is 11.4. The van der Waals surface area contributed by atoms with E-state index in [4.69, 9.17) is 16.7 Å². The molecule has 1 unspecified atom stereocenters. The van der Waals surface area contributed by atoms with Gasteiger partial charge in [-0.25, -0.2) is 8.42 Å². The van der Waals surface area contributed by atoms with Crippen molar-refractivity contribution in [3.63, 3.8) is 0 Å². The number of hydrogen-bond donors (Lipinski definition) is 2.